The Balaban J connectivity index is 1.85. The number of hydrogen-bond donors (Lipinski definition) is 1. The number of nitrogens with zero attached hydrogens (tertiary/aromatic N) is 2. The number of amides is 1. The van der Waals surface area contributed by atoms with Crippen LogP contribution in [-0.2, 0) is 20.8 Å². The van der Waals surface area contributed by atoms with Gasteiger partial charge in [0.05, 0.1) is 10.6 Å². The molecule has 0 radical (unpaired) electrons. The third-order valence-electron chi connectivity index (χ3n) is 4.62. The maximum Gasteiger partial charge on any atom is 0.433 e. The SMILES string of the molecule is Cc1sc(NC(=O)C(C)(C)S(=O)(=O)c2ccc(C(F)(F)F)nc2)nc1-c1ccccc1. The molecule has 3 aromatic rings. The Morgan fingerprint density at radius 1 is 1.06 bits per heavy atom. The fourth-order valence-corrected chi connectivity index (χ4v) is 4.84. The van der Waals surface area contributed by atoms with Crippen LogP contribution in [0.4, 0.5) is 18.3 Å². The normalized spacial score (nSPS) is 12.6. The first-order valence-electron chi connectivity index (χ1n) is 8.96. The van der Waals surface area contributed by atoms with Gasteiger partial charge in [0.15, 0.2) is 15.0 Å². The molecular weight excluding hydrogens is 451 g/mol. The summed E-state index contributed by atoms with van der Waals surface area (Å²) in [6.45, 7) is 4.17. The van der Waals surface area contributed by atoms with Gasteiger partial charge in [-0.15, -0.1) is 11.3 Å². The Kier molecular flexibility index (Phi) is 5.94. The van der Waals surface area contributed by atoms with E-state index in [4.69, 9.17) is 0 Å². The molecule has 0 atom stereocenters. The summed E-state index contributed by atoms with van der Waals surface area (Å²) in [5, 5.41) is 2.73. The summed E-state index contributed by atoms with van der Waals surface area (Å²) in [5.41, 5.74) is 0.286. The number of sulfone groups is 1. The van der Waals surface area contributed by atoms with Crippen molar-refractivity contribution in [3.05, 3.63) is 59.2 Å². The lowest BCUT2D eigenvalue weighted by molar-refractivity contribution is -0.141. The van der Waals surface area contributed by atoms with Gasteiger partial charge in [-0.1, -0.05) is 30.3 Å². The van der Waals surface area contributed by atoms with Gasteiger partial charge < -0.3 is 5.32 Å². The highest BCUT2D eigenvalue weighted by molar-refractivity contribution is 7.93. The van der Waals surface area contributed by atoms with Crippen LogP contribution in [0.25, 0.3) is 11.3 Å². The molecule has 1 aromatic carbocycles. The summed E-state index contributed by atoms with van der Waals surface area (Å²) in [7, 11) is -4.34. The minimum Gasteiger partial charge on any atom is -0.301 e. The van der Waals surface area contributed by atoms with Gasteiger partial charge in [0, 0.05) is 16.6 Å². The van der Waals surface area contributed by atoms with E-state index < -0.39 is 37.3 Å². The maximum atomic E-state index is 12.9. The van der Waals surface area contributed by atoms with Crippen molar-refractivity contribution >= 4 is 32.2 Å². The number of nitrogens with one attached hydrogen (secondary N) is 1. The summed E-state index contributed by atoms with van der Waals surface area (Å²) in [6.07, 6.45) is -4.09. The Morgan fingerprint density at radius 3 is 2.26 bits per heavy atom. The molecule has 1 N–H and O–H groups in total. The van der Waals surface area contributed by atoms with Crippen molar-refractivity contribution in [2.75, 3.05) is 5.32 Å². The van der Waals surface area contributed by atoms with E-state index in [-0.39, 0.29) is 5.13 Å². The standard InChI is InChI=1S/C20H18F3N3O3S2/c1-12-16(13-7-5-4-6-8-13)25-18(30-12)26-17(27)19(2,3)31(28,29)14-9-10-15(24-11-14)20(21,22)23/h4-11H,1-3H3,(H,25,26,27). The van der Waals surface area contributed by atoms with Crippen molar-refractivity contribution in [2.45, 2.75) is 36.6 Å². The number of pyridine rings is 1. The van der Waals surface area contributed by atoms with Gasteiger partial charge in [0.1, 0.15) is 10.4 Å². The van der Waals surface area contributed by atoms with Crippen LogP contribution >= 0.6 is 11.3 Å². The van der Waals surface area contributed by atoms with Gasteiger partial charge in [0.2, 0.25) is 5.91 Å². The number of halogens is 3. The highest BCUT2D eigenvalue weighted by Crippen LogP contribution is 2.33. The molecule has 6 nitrogen and oxygen atoms in total. The summed E-state index contributed by atoms with van der Waals surface area (Å²) < 4.78 is 62.0. The minimum atomic E-state index is -4.70. The zero-order valence-electron chi connectivity index (χ0n) is 16.7. The largest absolute Gasteiger partial charge is 0.433 e. The molecular formula is C20H18F3N3O3S2. The number of benzene rings is 1. The number of hydrogen-bond acceptors (Lipinski definition) is 6. The van der Waals surface area contributed by atoms with Crippen LogP contribution < -0.4 is 5.32 Å². The zero-order valence-corrected chi connectivity index (χ0v) is 18.3. The molecule has 31 heavy (non-hydrogen) atoms. The number of aromatic nitrogens is 2. The van der Waals surface area contributed by atoms with E-state index in [2.05, 4.69) is 15.3 Å². The average molecular weight is 470 g/mol. The van der Waals surface area contributed by atoms with E-state index >= 15 is 0 Å². The van der Waals surface area contributed by atoms with Gasteiger partial charge in [-0.25, -0.2) is 13.4 Å². The maximum absolute atomic E-state index is 12.9. The number of carbonyl (C=O) groups excluding carboxylic acids is 1. The second-order valence-corrected chi connectivity index (χ2v) is 10.8. The molecule has 0 spiro atoms. The van der Waals surface area contributed by atoms with Crippen LogP contribution in [0.5, 0.6) is 0 Å². The Labute approximate surface area is 181 Å². The summed E-state index contributed by atoms with van der Waals surface area (Å²) >= 11 is 1.19. The molecule has 0 fully saturated rings. The Morgan fingerprint density at radius 2 is 1.71 bits per heavy atom. The van der Waals surface area contributed by atoms with Gasteiger partial charge >= 0.3 is 6.18 Å². The Bertz CT molecular complexity index is 1200. The number of thiazole rings is 1. The lowest BCUT2D eigenvalue weighted by Crippen LogP contribution is -2.44. The van der Waals surface area contributed by atoms with Crippen LogP contribution in [0.1, 0.15) is 24.4 Å². The molecule has 0 aliphatic heterocycles. The third-order valence-corrected chi connectivity index (χ3v) is 7.90. The molecule has 2 aromatic heterocycles. The van der Waals surface area contributed by atoms with Crippen molar-refractivity contribution in [1.82, 2.24) is 9.97 Å². The first-order chi connectivity index (χ1) is 14.3. The molecule has 1 amide bonds. The molecule has 164 valence electrons. The molecule has 0 aliphatic carbocycles. The lowest BCUT2D eigenvalue weighted by Gasteiger charge is -2.23. The van der Waals surface area contributed by atoms with Gasteiger partial charge in [-0.05, 0) is 32.9 Å². The highest BCUT2D eigenvalue weighted by Gasteiger charge is 2.44. The van der Waals surface area contributed by atoms with E-state index in [1.807, 2.05) is 37.3 Å². The van der Waals surface area contributed by atoms with Crippen LogP contribution in [0.3, 0.4) is 0 Å². The Hall–Kier alpha value is -2.79. The second kappa shape index (κ2) is 8.04. The van der Waals surface area contributed by atoms with Crippen LogP contribution in [0, 0.1) is 6.92 Å². The second-order valence-electron chi connectivity index (χ2n) is 7.13. The quantitative estimate of drug-likeness (QED) is 0.584. The van der Waals surface area contributed by atoms with E-state index in [0.29, 0.717) is 18.0 Å². The summed E-state index contributed by atoms with van der Waals surface area (Å²) in [5.74, 6) is -0.860. The smallest absolute Gasteiger partial charge is 0.301 e. The average Bonchev–Trinajstić information content (AvgIpc) is 3.08. The molecule has 0 aliphatic rings. The van der Waals surface area contributed by atoms with Crippen molar-refractivity contribution in [1.29, 1.82) is 0 Å². The number of carbonyl (C=O) groups is 1. The predicted octanol–water partition coefficient (Wildman–Crippen LogP) is 4.72. The molecule has 0 saturated heterocycles. The first kappa shape index (κ1) is 22.9. The number of aryl methyl sites for hydroxylation is 1. The molecule has 3 rings (SSSR count). The van der Waals surface area contributed by atoms with E-state index in [1.54, 1.807) is 0 Å². The lowest BCUT2D eigenvalue weighted by atomic mass is 10.1. The van der Waals surface area contributed by atoms with Crippen LogP contribution in [0.15, 0.2) is 53.6 Å². The predicted molar refractivity (Wildman–Crippen MR) is 111 cm³/mol. The summed E-state index contributed by atoms with van der Waals surface area (Å²) in [6, 6.07) is 10.6. The monoisotopic (exact) mass is 469 g/mol. The molecule has 11 heteroatoms. The van der Waals surface area contributed by atoms with Crippen molar-refractivity contribution in [3.8, 4) is 11.3 Å². The van der Waals surface area contributed by atoms with Crippen molar-refractivity contribution < 1.29 is 26.4 Å². The number of rotatable bonds is 5. The highest BCUT2D eigenvalue weighted by atomic mass is 32.2. The van der Waals surface area contributed by atoms with Crippen molar-refractivity contribution in [3.63, 3.8) is 0 Å². The molecule has 0 bridgehead atoms. The zero-order chi connectivity index (χ0) is 23.0. The fourth-order valence-electron chi connectivity index (χ4n) is 2.68. The van der Waals surface area contributed by atoms with Gasteiger partial charge in [-0.2, -0.15) is 13.2 Å². The third kappa shape index (κ3) is 4.47. The molecule has 2 heterocycles. The van der Waals surface area contributed by atoms with Gasteiger partial charge in [0.25, 0.3) is 0 Å². The number of alkyl halides is 3. The molecule has 0 saturated carbocycles. The topological polar surface area (TPSA) is 89.0 Å². The van der Waals surface area contributed by atoms with Crippen LogP contribution in [0.2, 0.25) is 0 Å². The van der Waals surface area contributed by atoms with Crippen molar-refractivity contribution in [2.24, 2.45) is 0 Å². The van der Waals surface area contributed by atoms with E-state index in [0.717, 1.165) is 16.5 Å². The minimum absolute atomic E-state index is 0.218. The first-order valence-corrected chi connectivity index (χ1v) is 11.3. The summed E-state index contributed by atoms with van der Waals surface area (Å²) in [4.78, 5) is 20.7. The fraction of sp³-hybridized carbons (Fsp3) is 0.250. The van der Waals surface area contributed by atoms with Crippen LogP contribution in [-0.4, -0.2) is 29.0 Å². The van der Waals surface area contributed by atoms with E-state index in [9.17, 15) is 26.4 Å². The number of anilines is 1. The van der Waals surface area contributed by atoms with Gasteiger partial charge in [-0.3, -0.25) is 9.78 Å². The van der Waals surface area contributed by atoms with E-state index in [1.165, 1.54) is 25.2 Å². The molecule has 0 unspecified atom stereocenters.